The molecule has 1 fully saturated rings. The van der Waals surface area contributed by atoms with Gasteiger partial charge >= 0.3 is 5.97 Å². The van der Waals surface area contributed by atoms with Crippen LogP contribution in [0.3, 0.4) is 0 Å². The summed E-state index contributed by atoms with van der Waals surface area (Å²) in [7, 11) is 1.39. The average molecular weight is 179 g/mol. The van der Waals surface area contributed by atoms with E-state index < -0.39 is 0 Å². The SMILES string of the molecule is COC(=O)[C@@H]1[C@H](C=CC#N)C1(C)C. The lowest BCUT2D eigenvalue weighted by Gasteiger charge is -1.98. The van der Waals surface area contributed by atoms with Crippen molar-refractivity contribution in [2.75, 3.05) is 7.11 Å². The minimum absolute atomic E-state index is 0.0551. The molecule has 0 spiro atoms. The summed E-state index contributed by atoms with van der Waals surface area (Å²) in [6.45, 7) is 4.00. The number of nitriles is 1. The van der Waals surface area contributed by atoms with Crippen molar-refractivity contribution in [1.29, 1.82) is 5.26 Å². The number of carbonyl (C=O) groups excluding carboxylic acids is 1. The topological polar surface area (TPSA) is 50.1 Å². The van der Waals surface area contributed by atoms with E-state index in [0.717, 1.165) is 0 Å². The molecule has 0 unspecified atom stereocenters. The molecule has 2 atom stereocenters. The zero-order valence-corrected chi connectivity index (χ0v) is 8.07. The monoisotopic (exact) mass is 179 g/mol. The maximum Gasteiger partial charge on any atom is 0.309 e. The van der Waals surface area contributed by atoms with Crippen molar-refractivity contribution in [2.24, 2.45) is 17.3 Å². The zero-order valence-electron chi connectivity index (χ0n) is 8.07. The van der Waals surface area contributed by atoms with Gasteiger partial charge in [-0.1, -0.05) is 19.9 Å². The van der Waals surface area contributed by atoms with E-state index in [1.165, 1.54) is 13.2 Å². The Morgan fingerprint density at radius 2 is 2.23 bits per heavy atom. The summed E-state index contributed by atoms with van der Waals surface area (Å²) in [5, 5.41) is 8.34. The molecule has 0 aromatic carbocycles. The Bertz CT molecular complexity index is 286. The average Bonchev–Trinajstić information content (AvgIpc) is 2.63. The number of esters is 1. The van der Waals surface area contributed by atoms with Gasteiger partial charge in [0.25, 0.3) is 0 Å². The van der Waals surface area contributed by atoms with Crippen LogP contribution in [0.4, 0.5) is 0 Å². The molecule has 1 rings (SSSR count). The van der Waals surface area contributed by atoms with E-state index in [2.05, 4.69) is 4.74 Å². The van der Waals surface area contributed by atoms with Crippen molar-refractivity contribution >= 4 is 5.97 Å². The van der Waals surface area contributed by atoms with Crippen molar-refractivity contribution in [3.63, 3.8) is 0 Å². The van der Waals surface area contributed by atoms with Crippen LogP contribution in [-0.4, -0.2) is 13.1 Å². The second kappa shape index (κ2) is 3.21. The first kappa shape index (κ1) is 9.79. The van der Waals surface area contributed by atoms with E-state index in [4.69, 9.17) is 5.26 Å². The highest BCUT2D eigenvalue weighted by Crippen LogP contribution is 2.59. The molecule has 0 amide bonds. The Labute approximate surface area is 78.0 Å². The molecule has 3 nitrogen and oxygen atoms in total. The second-order valence-corrected chi connectivity index (χ2v) is 3.84. The highest BCUT2D eigenvalue weighted by Gasteiger charge is 2.61. The van der Waals surface area contributed by atoms with Crippen molar-refractivity contribution in [1.82, 2.24) is 0 Å². The third kappa shape index (κ3) is 1.57. The van der Waals surface area contributed by atoms with Crippen LogP contribution in [0.1, 0.15) is 13.8 Å². The Balaban J connectivity index is 2.67. The first-order valence-electron chi connectivity index (χ1n) is 4.19. The molecule has 3 heteroatoms. The van der Waals surface area contributed by atoms with E-state index in [9.17, 15) is 4.79 Å². The van der Waals surface area contributed by atoms with Crippen molar-refractivity contribution in [3.05, 3.63) is 12.2 Å². The number of hydrogen-bond donors (Lipinski definition) is 0. The number of nitrogens with zero attached hydrogens (tertiary/aromatic N) is 1. The van der Waals surface area contributed by atoms with Gasteiger partial charge in [-0.2, -0.15) is 5.26 Å². The number of ether oxygens (including phenoxy) is 1. The van der Waals surface area contributed by atoms with Crippen LogP contribution >= 0.6 is 0 Å². The fraction of sp³-hybridized carbons (Fsp3) is 0.600. The summed E-state index contributed by atoms with van der Waals surface area (Å²) in [6.07, 6.45) is 3.21. The Morgan fingerprint density at radius 1 is 1.62 bits per heavy atom. The highest BCUT2D eigenvalue weighted by molar-refractivity contribution is 5.78. The summed E-state index contributed by atoms with van der Waals surface area (Å²) < 4.78 is 4.66. The lowest BCUT2D eigenvalue weighted by molar-refractivity contribution is -0.143. The zero-order chi connectivity index (χ0) is 10.1. The molecular weight excluding hydrogens is 166 g/mol. The smallest absolute Gasteiger partial charge is 0.309 e. The molecular formula is C10H13NO2. The van der Waals surface area contributed by atoms with Crippen molar-refractivity contribution in [2.45, 2.75) is 13.8 Å². The van der Waals surface area contributed by atoms with Crippen LogP contribution in [0.5, 0.6) is 0 Å². The molecule has 0 saturated heterocycles. The Morgan fingerprint density at radius 3 is 2.69 bits per heavy atom. The van der Waals surface area contributed by atoms with Crippen LogP contribution in [-0.2, 0) is 9.53 Å². The molecule has 1 aliphatic rings. The van der Waals surface area contributed by atoms with Gasteiger partial charge in [0.15, 0.2) is 0 Å². The predicted octanol–water partition coefficient (Wildman–Crippen LogP) is 1.51. The molecule has 0 aromatic heterocycles. The number of methoxy groups -OCH3 is 1. The third-order valence-electron chi connectivity index (χ3n) is 2.74. The van der Waals surface area contributed by atoms with E-state index in [-0.39, 0.29) is 23.2 Å². The molecule has 0 bridgehead atoms. The first-order chi connectivity index (χ1) is 6.05. The molecule has 0 aromatic rings. The summed E-state index contributed by atoms with van der Waals surface area (Å²) in [5.74, 6) is -0.112. The van der Waals surface area contributed by atoms with Gasteiger partial charge < -0.3 is 4.74 Å². The molecule has 0 heterocycles. The first-order valence-corrected chi connectivity index (χ1v) is 4.19. The summed E-state index contributed by atoms with van der Waals surface area (Å²) in [4.78, 5) is 11.2. The Kier molecular flexibility index (Phi) is 2.42. The van der Waals surface area contributed by atoms with Gasteiger partial charge in [0, 0.05) is 6.08 Å². The third-order valence-corrected chi connectivity index (χ3v) is 2.74. The minimum Gasteiger partial charge on any atom is -0.469 e. The number of rotatable bonds is 2. The van der Waals surface area contributed by atoms with Gasteiger partial charge in [-0.15, -0.1) is 0 Å². The standard InChI is InChI=1S/C10H13NO2/c1-10(2)7(5-4-6-11)8(10)9(12)13-3/h4-5,7-8H,1-3H3/t7-,8-/m0/s1. The number of hydrogen-bond acceptors (Lipinski definition) is 3. The molecule has 1 saturated carbocycles. The molecule has 0 radical (unpaired) electrons. The van der Waals surface area contributed by atoms with Gasteiger partial charge in [0.1, 0.15) is 0 Å². The summed E-state index contributed by atoms with van der Waals surface area (Å²) in [5.41, 5.74) is -0.0551. The lowest BCUT2D eigenvalue weighted by atomic mass is 10.1. The van der Waals surface area contributed by atoms with E-state index in [1.807, 2.05) is 19.9 Å². The molecule has 0 aliphatic heterocycles. The molecule has 1 aliphatic carbocycles. The van der Waals surface area contributed by atoms with E-state index in [1.54, 1.807) is 6.08 Å². The highest BCUT2D eigenvalue weighted by atomic mass is 16.5. The van der Waals surface area contributed by atoms with Crippen LogP contribution in [0, 0.1) is 28.6 Å². The molecule has 70 valence electrons. The van der Waals surface area contributed by atoms with Crippen molar-refractivity contribution in [3.8, 4) is 6.07 Å². The second-order valence-electron chi connectivity index (χ2n) is 3.84. The number of carbonyl (C=O) groups is 1. The molecule has 13 heavy (non-hydrogen) atoms. The maximum absolute atomic E-state index is 11.2. The quantitative estimate of drug-likeness (QED) is 0.477. The predicted molar refractivity (Wildman–Crippen MR) is 47.5 cm³/mol. The van der Waals surface area contributed by atoms with Crippen LogP contribution in [0.2, 0.25) is 0 Å². The summed E-state index contributed by atoms with van der Waals surface area (Å²) >= 11 is 0. The Hall–Kier alpha value is -1.30. The van der Waals surface area contributed by atoms with Crippen molar-refractivity contribution < 1.29 is 9.53 Å². The van der Waals surface area contributed by atoms with Crippen LogP contribution in [0.25, 0.3) is 0 Å². The maximum atomic E-state index is 11.2. The number of allylic oxidation sites excluding steroid dienone is 2. The van der Waals surface area contributed by atoms with E-state index >= 15 is 0 Å². The molecule has 0 N–H and O–H groups in total. The van der Waals surface area contributed by atoms with E-state index in [0.29, 0.717) is 0 Å². The minimum atomic E-state index is -0.183. The summed E-state index contributed by atoms with van der Waals surface area (Å²) in [6, 6.07) is 1.92. The fourth-order valence-corrected chi connectivity index (χ4v) is 1.76. The van der Waals surface area contributed by atoms with Crippen LogP contribution < -0.4 is 0 Å². The van der Waals surface area contributed by atoms with Gasteiger partial charge in [-0.05, 0) is 11.3 Å². The fourth-order valence-electron chi connectivity index (χ4n) is 1.76. The largest absolute Gasteiger partial charge is 0.469 e. The van der Waals surface area contributed by atoms with Gasteiger partial charge in [0.2, 0.25) is 0 Å². The van der Waals surface area contributed by atoms with Gasteiger partial charge in [-0.3, -0.25) is 4.79 Å². The lowest BCUT2D eigenvalue weighted by Crippen LogP contribution is -2.07. The van der Waals surface area contributed by atoms with Crippen LogP contribution in [0.15, 0.2) is 12.2 Å². The normalized spacial score (nSPS) is 29.7. The van der Waals surface area contributed by atoms with Gasteiger partial charge in [0.05, 0.1) is 19.1 Å². The van der Waals surface area contributed by atoms with Gasteiger partial charge in [-0.25, -0.2) is 0 Å².